The quantitative estimate of drug-likeness (QED) is 0.508. The number of nitrogens with one attached hydrogen (secondary N) is 2. The van der Waals surface area contributed by atoms with Gasteiger partial charge in [-0.05, 0) is 63.0 Å². The predicted molar refractivity (Wildman–Crippen MR) is 107 cm³/mol. The second kappa shape index (κ2) is 11.8. The molecule has 1 heterocycles. The van der Waals surface area contributed by atoms with Gasteiger partial charge in [-0.2, -0.15) is 0 Å². The van der Waals surface area contributed by atoms with Crippen LogP contribution in [0.15, 0.2) is 29.3 Å². The summed E-state index contributed by atoms with van der Waals surface area (Å²) in [6.07, 6.45) is 2.33. The third kappa shape index (κ3) is 8.13. The van der Waals surface area contributed by atoms with E-state index >= 15 is 0 Å². The number of methoxy groups -OCH3 is 1. The molecule has 152 valence electrons. The standard InChI is InChI=1S/C20H33FN4O2/c1-16(27-19-6-4-18(21)5-7-19)14-23-20(22-2)24-15-17-8-10-25(11-9-17)12-13-26-3/h4-7,16-17H,8-15H2,1-3H3,(H2,22,23,24). The number of piperidine rings is 1. The molecule has 1 aliphatic rings. The fourth-order valence-corrected chi connectivity index (χ4v) is 3.12. The maximum Gasteiger partial charge on any atom is 0.191 e. The Bertz CT molecular complexity index is 560. The molecule has 1 aromatic carbocycles. The highest BCUT2D eigenvalue weighted by Crippen LogP contribution is 2.16. The molecule has 7 heteroatoms. The van der Waals surface area contributed by atoms with E-state index in [9.17, 15) is 4.39 Å². The van der Waals surface area contributed by atoms with Crippen molar-refractivity contribution in [3.05, 3.63) is 30.1 Å². The second-order valence-corrected chi connectivity index (χ2v) is 6.99. The fourth-order valence-electron chi connectivity index (χ4n) is 3.12. The number of hydrogen-bond acceptors (Lipinski definition) is 4. The van der Waals surface area contributed by atoms with E-state index in [-0.39, 0.29) is 11.9 Å². The number of nitrogens with zero attached hydrogens (tertiary/aromatic N) is 2. The van der Waals surface area contributed by atoms with Crippen molar-refractivity contribution < 1.29 is 13.9 Å². The Morgan fingerprint density at radius 2 is 1.96 bits per heavy atom. The van der Waals surface area contributed by atoms with Crippen LogP contribution < -0.4 is 15.4 Å². The molecule has 1 aromatic rings. The molecule has 0 aliphatic carbocycles. The maximum absolute atomic E-state index is 12.9. The normalized spacial score (nSPS) is 17.6. The molecular weight excluding hydrogens is 347 g/mol. The van der Waals surface area contributed by atoms with Gasteiger partial charge in [-0.15, -0.1) is 0 Å². The first-order chi connectivity index (χ1) is 13.1. The lowest BCUT2D eigenvalue weighted by molar-refractivity contribution is 0.121. The van der Waals surface area contributed by atoms with Crippen molar-refractivity contribution >= 4 is 5.96 Å². The SMILES string of the molecule is CN=C(NCC1CCN(CCOC)CC1)NCC(C)Oc1ccc(F)cc1. The van der Waals surface area contributed by atoms with Crippen molar-refractivity contribution in [3.63, 3.8) is 0 Å². The molecule has 1 unspecified atom stereocenters. The number of aliphatic imine (C=N–C) groups is 1. The van der Waals surface area contributed by atoms with E-state index < -0.39 is 0 Å². The first-order valence-corrected chi connectivity index (χ1v) is 9.68. The first kappa shape index (κ1) is 21.4. The number of ether oxygens (including phenoxy) is 2. The van der Waals surface area contributed by atoms with Crippen LogP contribution in [0, 0.1) is 11.7 Å². The van der Waals surface area contributed by atoms with Crippen molar-refractivity contribution in [1.29, 1.82) is 0 Å². The van der Waals surface area contributed by atoms with E-state index in [2.05, 4.69) is 20.5 Å². The summed E-state index contributed by atoms with van der Waals surface area (Å²) in [5, 5.41) is 6.70. The summed E-state index contributed by atoms with van der Waals surface area (Å²) >= 11 is 0. The highest BCUT2D eigenvalue weighted by atomic mass is 19.1. The summed E-state index contributed by atoms with van der Waals surface area (Å²) in [5.74, 6) is 1.85. The molecule has 0 saturated carbocycles. The summed E-state index contributed by atoms with van der Waals surface area (Å²) in [6, 6.07) is 6.07. The minimum absolute atomic E-state index is 0.0574. The van der Waals surface area contributed by atoms with Crippen LogP contribution in [0.1, 0.15) is 19.8 Å². The Morgan fingerprint density at radius 1 is 1.26 bits per heavy atom. The Balaban J connectivity index is 1.63. The molecule has 0 radical (unpaired) electrons. The lowest BCUT2D eigenvalue weighted by Crippen LogP contribution is -2.45. The van der Waals surface area contributed by atoms with Gasteiger partial charge in [0.05, 0.1) is 13.2 Å². The van der Waals surface area contributed by atoms with Crippen LogP contribution in [0.3, 0.4) is 0 Å². The summed E-state index contributed by atoms with van der Waals surface area (Å²) in [7, 11) is 3.52. The van der Waals surface area contributed by atoms with Crippen molar-refractivity contribution in [2.75, 3.05) is 53.5 Å². The van der Waals surface area contributed by atoms with E-state index in [1.807, 2.05) is 6.92 Å². The van der Waals surface area contributed by atoms with Crippen molar-refractivity contribution in [1.82, 2.24) is 15.5 Å². The summed E-state index contributed by atoms with van der Waals surface area (Å²) in [6.45, 7) is 7.59. The number of halogens is 1. The number of hydrogen-bond donors (Lipinski definition) is 2. The molecule has 0 amide bonds. The Labute approximate surface area is 162 Å². The molecule has 0 bridgehead atoms. The van der Waals surface area contributed by atoms with E-state index in [1.165, 1.54) is 25.0 Å². The highest BCUT2D eigenvalue weighted by molar-refractivity contribution is 5.79. The third-order valence-corrected chi connectivity index (χ3v) is 4.81. The third-order valence-electron chi connectivity index (χ3n) is 4.81. The monoisotopic (exact) mass is 380 g/mol. The molecule has 0 spiro atoms. The fraction of sp³-hybridized carbons (Fsp3) is 0.650. The number of benzene rings is 1. The topological polar surface area (TPSA) is 58.1 Å². The van der Waals surface area contributed by atoms with Gasteiger partial charge in [0.15, 0.2) is 5.96 Å². The van der Waals surface area contributed by atoms with Crippen LogP contribution in [0.4, 0.5) is 4.39 Å². The summed E-state index contributed by atoms with van der Waals surface area (Å²) in [5.41, 5.74) is 0. The molecule has 6 nitrogen and oxygen atoms in total. The van der Waals surface area contributed by atoms with E-state index in [0.717, 1.165) is 38.7 Å². The van der Waals surface area contributed by atoms with Gasteiger partial charge in [-0.25, -0.2) is 4.39 Å². The van der Waals surface area contributed by atoms with Crippen molar-refractivity contribution in [2.24, 2.45) is 10.9 Å². The van der Waals surface area contributed by atoms with Crippen LogP contribution in [0.5, 0.6) is 5.75 Å². The van der Waals surface area contributed by atoms with Gasteiger partial charge in [-0.1, -0.05) is 0 Å². The molecule has 2 N–H and O–H groups in total. The van der Waals surface area contributed by atoms with Gasteiger partial charge < -0.3 is 25.0 Å². The average Bonchev–Trinajstić information content (AvgIpc) is 2.69. The van der Waals surface area contributed by atoms with Crippen molar-refractivity contribution in [2.45, 2.75) is 25.9 Å². The van der Waals surface area contributed by atoms with Crippen molar-refractivity contribution in [3.8, 4) is 5.75 Å². The summed E-state index contributed by atoms with van der Waals surface area (Å²) < 4.78 is 23.9. The van der Waals surface area contributed by atoms with Crippen LogP contribution in [-0.2, 0) is 4.74 Å². The van der Waals surface area contributed by atoms with Crippen LogP contribution in [0.25, 0.3) is 0 Å². The van der Waals surface area contributed by atoms with E-state index in [0.29, 0.717) is 18.2 Å². The molecule has 0 aromatic heterocycles. The molecule has 1 aliphatic heterocycles. The molecule has 1 atom stereocenters. The van der Waals surface area contributed by atoms with Crippen LogP contribution >= 0.6 is 0 Å². The zero-order valence-electron chi connectivity index (χ0n) is 16.7. The van der Waals surface area contributed by atoms with Gasteiger partial charge in [0.1, 0.15) is 17.7 Å². The van der Waals surface area contributed by atoms with Gasteiger partial charge >= 0.3 is 0 Å². The molecule has 1 fully saturated rings. The number of guanidine groups is 1. The van der Waals surface area contributed by atoms with E-state index in [1.54, 1.807) is 26.3 Å². The minimum Gasteiger partial charge on any atom is -0.489 e. The van der Waals surface area contributed by atoms with Crippen LogP contribution in [-0.4, -0.2) is 70.5 Å². The zero-order chi connectivity index (χ0) is 19.5. The van der Waals surface area contributed by atoms with E-state index in [4.69, 9.17) is 9.47 Å². The highest BCUT2D eigenvalue weighted by Gasteiger charge is 2.19. The lowest BCUT2D eigenvalue weighted by atomic mass is 9.97. The molecular formula is C20H33FN4O2. The Hall–Kier alpha value is -1.86. The second-order valence-electron chi connectivity index (χ2n) is 6.99. The van der Waals surface area contributed by atoms with Gasteiger partial charge in [0, 0.05) is 27.2 Å². The minimum atomic E-state index is -0.262. The van der Waals surface area contributed by atoms with Gasteiger partial charge in [0.2, 0.25) is 0 Å². The molecule has 1 saturated heterocycles. The Kier molecular flexibility index (Phi) is 9.35. The first-order valence-electron chi connectivity index (χ1n) is 9.68. The van der Waals surface area contributed by atoms with Crippen LogP contribution in [0.2, 0.25) is 0 Å². The number of likely N-dealkylation sites (tertiary alicyclic amines) is 1. The summed E-state index contributed by atoms with van der Waals surface area (Å²) in [4.78, 5) is 6.74. The number of rotatable bonds is 9. The van der Waals surface area contributed by atoms with Gasteiger partial charge in [0.25, 0.3) is 0 Å². The lowest BCUT2D eigenvalue weighted by Gasteiger charge is -2.32. The largest absolute Gasteiger partial charge is 0.489 e. The van der Waals surface area contributed by atoms with Gasteiger partial charge in [-0.3, -0.25) is 4.99 Å². The molecule has 27 heavy (non-hydrogen) atoms. The Morgan fingerprint density at radius 3 is 2.59 bits per heavy atom. The predicted octanol–water partition coefficient (Wildman–Crippen LogP) is 2.12. The molecule has 2 rings (SSSR count). The maximum atomic E-state index is 12.9. The smallest absolute Gasteiger partial charge is 0.191 e. The zero-order valence-corrected chi connectivity index (χ0v) is 16.7. The average molecular weight is 381 g/mol.